The van der Waals surface area contributed by atoms with E-state index in [-0.39, 0.29) is 17.5 Å². The number of nitrogens with one attached hydrogen (secondary N) is 1. The zero-order valence-corrected chi connectivity index (χ0v) is 23.8. The van der Waals surface area contributed by atoms with Crippen LogP contribution in [0, 0.1) is 17.3 Å². The predicted octanol–water partition coefficient (Wildman–Crippen LogP) is 6.47. The molecule has 5 heteroatoms. The summed E-state index contributed by atoms with van der Waals surface area (Å²) < 4.78 is 0. The molecule has 1 spiro atoms. The number of nitrogens with zero attached hydrogens (tertiary/aromatic N) is 1. The molecule has 0 radical (unpaired) electrons. The number of carbonyl (C=O) groups excluding carboxylic acids is 3. The third kappa shape index (κ3) is 3.78. The lowest BCUT2D eigenvalue weighted by Gasteiger charge is -2.38. The average Bonchev–Trinajstić information content (AvgIpc) is 3.40. The van der Waals surface area contributed by atoms with Crippen molar-refractivity contribution in [2.45, 2.75) is 58.5 Å². The van der Waals surface area contributed by atoms with Gasteiger partial charge >= 0.3 is 0 Å². The molecule has 3 heterocycles. The number of rotatable bonds is 5. The number of benzene rings is 3. The minimum Gasteiger partial charge on any atom is -0.352 e. The summed E-state index contributed by atoms with van der Waals surface area (Å²) in [6, 6.07) is 22.0. The van der Waals surface area contributed by atoms with E-state index in [1.54, 1.807) is 0 Å². The van der Waals surface area contributed by atoms with Gasteiger partial charge in [0.1, 0.15) is 11.5 Å². The number of para-hydroxylation sites is 2. The molecule has 1 fully saturated rings. The number of amides is 1. The SMILES string of the molecule is CC(C)Cc1ccc(C(=O)C2C(C(=O)C(C)(C)C)N3c4ccccc4C=CC3C23C(=O)Nc2ccccc23)cc1. The smallest absolute Gasteiger partial charge is 0.238 e. The molecule has 3 aromatic carbocycles. The highest BCUT2D eigenvalue weighted by molar-refractivity contribution is 6.17. The molecule has 4 atom stereocenters. The fourth-order valence-electron chi connectivity index (χ4n) is 7.02. The summed E-state index contributed by atoms with van der Waals surface area (Å²) in [6.07, 6.45) is 4.96. The number of ketones is 2. The van der Waals surface area contributed by atoms with Gasteiger partial charge in [0, 0.05) is 22.4 Å². The van der Waals surface area contributed by atoms with Gasteiger partial charge in [-0.25, -0.2) is 0 Å². The van der Waals surface area contributed by atoms with E-state index in [0.717, 1.165) is 28.8 Å². The zero-order chi connectivity index (χ0) is 28.4. The Morgan fingerprint density at radius 1 is 0.950 bits per heavy atom. The van der Waals surface area contributed by atoms with Crippen molar-refractivity contribution in [2.24, 2.45) is 17.3 Å². The maximum absolute atomic E-state index is 14.8. The Labute approximate surface area is 236 Å². The Hall–Kier alpha value is -3.99. The Morgan fingerprint density at radius 3 is 2.33 bits per heavy atom. The molecule has 0 bridgehead atoms. The van der Waals surface area contributed by atoms with Crippen LogP contribution in [0.2, 0.25) is 0 Å². The van der Waals surface area contributed by atoms with E-state index in [4.69, 9.17) is 0 Å². The van der Waals surface area contributed by atoms with Crippen molar-refractivity contribution >= 4 is 34.9 Å². The number of fused-ring (bicyclic) bond motifs is 6. The third-order valence-electron chi connectivity index (χ3n) is 8.71. The Bertz CT molecular complexity index is 1550. The topological polar surface area (TPSA) is 66.5 Å². The standard InChI is InChI=1S/C35H36N2O3/c1-21(2)20-22-14-16-24(17-15-22)31(38)29-30(32(39)34(3,4)5)37-27-13-9-6-10-23(27)18-19-28(37)35(29)25-11-7-8-12-26(25)36-33(35)40/h6-19,21,28-30H,20H2,1-5H3,(H,36,40). The second kappa shape index (κ2) is 9.29. The van der Waals surface area contributed by atoms with E-state index in [9.17, 15) is 14.4 Å². The molecule has 1 saturated heterocycles. The normalized spacial score (nSPS) is 24.6. The van der Waals surface area contributed by atoms with Crippen molar-refractivity contribution in [1.29, 1.82) is 0 Å². The van der Waals surface area contributed by atoms with Crippen LogP contribution in [-0.4, -0.2) is 29.6 Å². The summed E-state index contributed by atoms with van der Waals surface area (Å²) in [5.74, 6) is -0.876. The monoisotopic (exact) mass is 532 g/mol. The van der Waals surface area contributed by atoms with Crippen molar-refractivity contribution in [2.75, 3.05) is 10.2 Å². The highest BCUT2D eigenvalue weighted by Gasteiger charge is 2.70. The molecule has 5 nitrogen and oxygen atoms in total. The molecule has 3 aliphatic rings. The summed E-state index contributed by atoms with van der Waals surface area (Å²) in [7, 11) is 0. The Balaban J connectivity index is 1.61. The highest BCUT2D eigenvalue weighted by Crippen LogP contribution is 2.58. The van der Waals surface area contributed by atoms with Gasteiger partial charge in [-0.15, -0.1) is 0 Å². The van der Waals surface area contributed by atoms with Gasteiger partial charge in [-0.05, 0) is 41.2 Å². The van der Waals surface area contributed by atoms with Gasteiger partial charge in [-0.2, -0.15) is 0 Å². The van der Waals surface area contributed by atoms with Crippen molar-refractivity contribution in [1.82, 2.24) is 0 Å². The largest absolute Gasteiger partial charge is 0.352 e. The lowest BCUT2D eigenvalue weighted by molar-refractivity contribution is -0.128. The third-order valence-corrected chi connectivity index (χ3v) is 8.71. The highest BCUT2D eigenvalue weighted by atomic mass is 16.2. The first-order valence-corrected chi connectivity index (χ1v) is 14.2. The molecule has 0 aromatic heterocycles. The van der Waals surface area contributed by atoms with E-state index in [0.29, 0.717) is 17.2 Å². The zero-order valence-electron chi connectivity index (χ0n) is 23.8. The van der Waals surface area contributed by atoms with E-state index in [2.05, 4.69) is 24.1 Å². The van der Waals surface area contributed by atoms with Gasteiger partial charge in [-0.3, -0.25) is 14.4 Å². The molecule has 204 valence electrons. The molecule has 0 saturated carbocycles. The summed E-state index contributed by atoms with van der Waals surface area (Å²) in [5.41, 5.74) is 3.01. The Kier molecular flexibility index (Phi) is 6.10. The van der Waals surface area contributed by atoms with Crippen molar-refractivity contribution in [3.05, 3.63) is 101 Å². The second-order valence-corrected chi connectivity index (χ2v) is 12.8. The van der Waals surface area contributed by atoms with Crippen LogP contribution in [0.3, 0.4) is 0 Å². The van der Waals surface area contributed by atoms with E-state index >= 15 is 0 Å². The first-order chi connectivity index (χ1) is 19.0. The molecular formula is C35H36N2O3. The number of hydrogen-bond acceptors (Lipinski definition) is 4. The number of anilines is 2. The first-order valence-electron chi connectivity index (χ1n) is 14.2. The molecule has 1 amide bonds. The fraction of sp³-hybridized carbons (Fsp3) is 0.343. The van der Waals surface area contributed by atoms with Crippen LogP contribution in [0.1, 0.15) is 61.7 Å². The first kappa shape index (κ1) is 26.2. The van der Waals surface area contributed by atoms with Gasteiger partial charge < -0.3 is 10.2 Å². The minimum atomic E-state index is -1.26. The predicted molar refractivity (Wildman–Crippen MR) is 160 cm³/mol. The summed E-state index contributed by atoms with van der Waals surface area (Å²) in [6.45, 7) is 10.0. The van der Waals surface area contributed by atoms with Crippen LogP contribution in [0.4, 0.5) is 11.4 Å². The maximum Gasteiger partial charge on any atom is 0.238 e. The lowest BCUT2D eigenvalue weighted by Crippen LogP contribution is -2.51. The molecule has 6 rings (SSSR count). The van der Waals surface area contributed by atoms with Gasteiger partial charge in [0.2, 0.25) is 5.91 Å². The summed E-state index contributed by atoms with van der Waals surface area (Å²) in [4.78, 5) is 45.7. The van der Waals surface area contributed by atoms with Crippen LogP contribution in [0.5, 0.6) is 0 Å². The van der Waals surface area contributed by atoms with Crippen LogP contribution in [0.25, 0.3) is 6.08 Å². The van der Waals surface area contributed by atoms with Crippen LogP contribution in [0.15, 0.2) is 78.9 Å². The van der Waals surface area contributed by atoms with Gasteiger partial charge in [0.25, 0.3) is 0 Å². The molecule has 3 aromatic rings. The van der Waals surface area contributed by atoms with Crippen molar-refractivity contribution < 1.29 is 14.4 Å². The van der Waals surface area contributed by atoms with E-state index in [1.165, 1.54) is 0 Å². The molecule has 0 aliphatic carbocycles. The van der Waals surface area contributed by atoms with Gasteiger partial charge in [0.15, 0.2) is 11.6 Å². The summed E-state index contributed by atoms with van der Waals surface area (Å²) >= 11 is 0. The molecule has 4 unspecified atom stereocenters. The average molecular weight is 533 g/mol. The number of hydrogen-bond donors (Lipinski definition) is 1. The fourth-order valence-corrected chi connectivity index (χ4v) is 7.02. The number of Topliss-reactive ketones (excluding diaryl/α,β-unsaturated/α-hetero) is 2. The molecular weight excluding hydrogens is 496 g/mol. The van der Waals surface area contributed by atoms with Crippen LogP contribution < -0.4 is 10.2 Å². The minimum absolute atomic E-state index is 0.0496. The van der Waals surface area contributed by atoms with Crippen molar-refractivity contribution in [3.63, 3.8) is 0 Å². The van der Waals surface area contributed by atoms with Crippen LogP contribution >= 0.6 is 0 Å². The summed E-state index contributed by atoms with van der Waals surface area (Å²) in [5, 5.41) is 3.09. The molecule has 3 aliphatic heterocycles. The lowest BCUT2D eigenvalue weighted by atomic mass is 9.63. The second-order valence-electron chi connectivity index (χ2n) is 12.8. The van der Waals surface area contributed by atoms with E-state index in [1.807, 2.05) is 106 Å². The van der Waals surface area contributed by atoms with E-state index < -0.39 is 28.8 Å². The maximum atomic E-state index is 14.8. The van der Waals surface area contributed by atoms with Gasteiger partial charge in [0.05, 0.1) is 12.0 Å². The van der Waals surface area contributed by atoms with Gasteiger partial charge in [-0.1, -0.05) is 107 Å². The molecule has 40 heavy (non-hydrogen) atoms. The molecule has 1 N–H and O–H groups in total. The quantitative estimate of drug-likeness (QED) is 0.382. The number of carbonyl (C=O) groups is 3. The van der Waals surface area contributed by atoms with Crippen LogP contribution in [-0.2, 0) is 21.4 Å². The Morgan fingerprint density at radius 2 is 1.62 bits per heavy atom. The van der Waals surface area contributed by atoms with Crippen molar-refractivity contribution in [3.8, 4) is 0 Å².